The van der Waals surface area contributed by atoms with Gasteiger partial charge in [-0.1, -0.05) is 38.1 Å². The number of anilines is 1. The Morgan fingerprint density at radius 2 is 1.72 bits per heavy atom. The van der Waals surface area contributed by atoms with E-state index < -0.39 is 48.2 Å². The molecule has 0 radical (unpaired) electrons. The van der Waals surface area contributed by atoms with Gasteiger partial charge in [-0.25, -0.2) is 9.37 Å². The molecule has 1 aliphatic carbocycles. The Hall–Kier alpha value is -8.13. The molecule has 5 aliphatic heterocycles. The molecule has 0 spiro atoms. The van der Waals surface area contributed by atoms with Gasteiger partial charge in [0, 0.05) is 114 Å². The van der Waals surface area contributed by atoms with Crippen molar-refractivity contribution in [2.75, 3.05) is 64.5 Å². The van der Waals surface area contributed by atoms with E-state index in [4.69, 9.17) is 34.0 Å². The number of fused-ring (bicyclic) bond motifs is 7. The molecule has 6 fully saturated rings. The number of likely N-dealkylation sites (tertiary alicyclic amines) is 2. The third kappa shape index (κ3) is 11.2. The largest absolute Gasteiger partial charge is 0.490 e. The number of carbonyl (C=O) groups is 2. The molecule has 92 heavy (non-hydrogen) atoms. The third-order valence-corrected chi connectivity index (χ3v) is 20.7. The van der Waals surface area contributed by atoms with Crippen molar-refractivity contribution in [3.05, 3.63) is 111 Å². The van der Waals surface area contributed by atoms with Gasteiger partial charge >= 0.3 is 6.01 Å². The van der Waals surface area contributed by atoms with Crippen LogP contribution in [0.1, 0.15) is 111 Å². The molecule has 9 aromatic rings. The SMILES string of the molecule is Cc1ncsc1-c1ccc([C@H](CO)NC(=O)[C@@H]2C[C@@H](O)CN2C(=O)[C@H](C(C)C)n2cc3c(n2)c(=O)[nH]c2cc(COc4c(-c5c(C)c(F)cc6[nH]ncc56)c(C5CC5)cc5c(N6C[C@@H]7C[C@H]6CN7)nc(OC6CCOCC6)nc45)ccc23)c(OC2CCN(C)CC2)c1. The highest BCUT2D eigenvalue weighted by molar-refractivity contribution is 7.13. The number of piperidine rings is 1. The maximum Gasteiger partial charge on any atom is 0.319 e. The first-order valence-corrected chi connectivity index (χ1v) is 33.2. The van der Waals surface area contributed by atoms with Gasteiger partial charge in [-0.3, -0.25) is 24.2 Å². The van der Waals surface area contributed by atoms with Crippen LogP contribution < -0.4 is 35.3 Å². The van der Waals surface area contributed by atoms with Crippen LogP contribution in [0, 0.1) is 25.6 Å². The van der Waals surface area contributed by atoms with Crippen molar-refractivity contribution in [3.63, 3.8) is 0 Å². The predicted octanol–water partition coefficient (Wildman–Crippen LogP) is 8.29. The number of hydrogen-bond donors (Lipinski definition) is 6. The maximum absolute atomic E-state index is 16.3. The highest BCUT2D eigenvalue weighted by atomic mass is 32.1. The molecule has 4 aromatic carbocycles. The smallest absolute Gasteiger partial charge is 0.319 e. The number of aryl methyl sites for hydroxylation is 1. The van der Waals surface area contributed by atoms with Gasteiger partial charge in [0.15, 0.2) is 11.3 Å². The Bertz CT molecular complexity index is 4400. The van der Waals surface area contributed by atoms with Crippen LogP contribution in [0.25, 0.3) is 65.2 Å². The van der Waals surface area contributed by atoms with Gasteiger partial charge in [0.25, 0.3) is 5.56 Å². The Kier molecular flexibility index (Phi) is 15.9. The number of pyridine rings is 1. The highest BCUT2D eigenvalue weighted by Gasteiger charge is 2.45. The number of H-pyrrole nitrogens is 2. The fourth-order valence-corrected chi connectivity index (χ4v) is 15.5. The first kappa shape index (κ1) is 60.1. The lowest BCUT2D eigenvalue weighted by Gasteiger charge is -2.32. The molecular weight excluding hydrogens is 1190 g/mol. The average Bonchev–Trinajstić information content (AvgIpc) is 1.31. The minimum atomic E-state index is -1.09. The van der Waals surface area contributed by atoms with Gasteiger partial charge in [0.2, 0.25) is 11.8 Å². The molecule has 5 aromatic heterocycles. The molecule has 22 nitrogen and oxygen atoms in total. The van der Waals surface area contributed by atoms with E-state index in [1.54, 1.807) is 24.8 Å². The minimum Gasteiger partial charge on any atom is -0.490 e. The number of ether oxygens (including phenoxy) is 4. The fourth-order valence-electron chi connectivity index (χ4n) is 14.7. The Balaban J connectivity index is 0.746. The number of nitrogens with one attached hydrogen (secondary N) is 4. The van der Waals surface area contributed by atoms with E-state index in [1.807, 2.05) is 57.2 Å². The van der Waals surface area contributed by atoms with E-state index in [0.717, 1.165) is 108 Å². The predicted molar refractivity (Wildman–Crippen MR) is 347 cm³/mol. The number of thiazole rings is 1. The number of amides is 2. The fraction of sp³-hybridized carbons (Fsp3) is 0.471. The molecule has 2 bridgehead atoms. The number of aromatic amines is 2. The van der Waals surface area contributed by atoms with Gasteiger partial charge in [0.1, 0.15) is 53.8 Å². The van der Waals surface area contributed by atoms with E-state index in [0.29, 0.717) is 87.6 Å². The number of benzene rings is 4. The van der Waals surface area contributed by atoms with E-state index in [1.165, 1.54) is 27.0 Å². The number of β-amino-alcohol motifs (C(OH)–C–C–N with tert-alkyl or cyclic N) is 1. The van der Waals surface area contributed by atoms with Gasteiger partial charge in [-0.05, 0) is 111 Å². The van der Waals surface area contributed by atoms with Crippen LogP contribution in [0.2, 0.25) is 0 Å². The zero-order valence-electron chi connectivity index (χ0n) is 52.2. The Morgan fingerprint density at radius 1 is 0.902 bits per heavy atom. The topological polar surface area (TPSA) is 263 Å². The van der Waals surface area contributed by atoms with E-state index >= 15 is 9.18 Å². The summed E-state index contributed by atoms with van der Waals surface area (Å²) in [5.41, 5.74) is 9.04. The molecule has 5 saturated heterocycles. The number of aromatic nitrogens is 8. The van der Waals surface area contributed by atoms with Crippen LogP contribution in [0.3, 0.4) is 0 Å². The van der Waals surface area contributed by atoms with Gasteiger partial charge < -0.3 is 59.5 Å². The molecule has 480 valence electrons. The summed E-state index contributed by atoms with van der Waals surface area (Å²) in [6, 6.07) is 13.0. The van der Waals surface area contributed by atoms with Crippen LogP contribution in [0.15, 0.2) is 71.2 Å². The first-order valence-electron chi connectivity index (χ1n) is 32.3. The van der Waals surface area contributed by atoms with Crippen molar-refractivity contribution in [1.29, 1.82) is 0 Å². The second-order valence-electron chi connectivity index (χ2n) is 26.4. The average molecular weight is 1270 g/mol. The molecule has 0 unspecified atom stereocenters. The number of piperazine rings is 1. The standard InChI is InChI=1S/C68H76FN13O9S/c1-34(2)61(67(87)81-29-42(84)23-55(81)65(85)74-54(31-83)46-11-9-39(63-36(4)71-33-92-63)21-56(46)90-43-12-16-79(5)17-13-43)82-30-50-45-10-6-37(20-52(45)73-66(86)60(50)78-82)32-89-62-58(57-35(3)51(69)25-53-49(57)27-72-77-53)47(38-7-8-38)24-48-59(62)75-68(91-44-14-18-88-19-15-44)76-64(48)80-28-40-22-41(80)26-70-40/h6,9-11,20-21,24-25,27,30,33-34,38,40-44,54-55,61,70,83-84H,7-8,12-19,22-23,26,28-29,31-32H2,1-5H3,(H,72,77)(H,73,86)(H,74,85)/t40-,41-,42+,54-,55-,61-/m0/s1. The molecule has 1 saturated carbocycles. The first-order chi connectivity index (χ1) is 44.6. The molecule has 6 N–H and O–H groups in total. The van der Waals surface area contributed by atoms with Crippen molar-refractivity contribution in [2.45, 2.75) is 140 Å². The Labute approximate surface area is 533 Å². The van der Waals surface area contributed by atoms with Crippen molar-refractivity contribution >= 4 is 72.6 Å². The second kappa shape index (κ2) is 24.4. The molecule has 24 heteroatoms. The molecule has 6 aliphatic rings. The van der Waals surface area contributed by atoms with Crippen LogP contribution in [0.4, 0.5) is 10.2 Å². The van der Waals surface area contributed by atoms with Crippen molar-refractivity contribution in [2.24, 2.45) is 5.92 Å². The summed E-state index contributed by atoms with van der Waals surface area (Å²) in [5, 5.41) is 43.8. The third-order valence-electron chi connectivity index (χ3n) is 19.8. The lowest BCUT2D eigenvalue weighted by molar-refractivity contribution is -0.142. The summed E-state index contributed by atoms with van der Waals surface area (Å²) in [6.07, 6.45) is 8.09. The minimum absolute atomic E-state index is 0.0224. The normalized spacial score (nSPS) is 21.4. The molecule has 6 atom stereocenters. The van der Waals surface area contributed by atoms with Crippen LogP contribution in [0.5, 0.6) is 17.5 Å². The summed E-state index contributed by atoms with van der Waals surface area (Å²) >= 11 is 1.52. The van der Waals surface area contributed by atoms with Gasteiger partial charge in [0.05, 0.1) is 59.8 Å². The number of rotatable bonds is 18. The van der Waals surface area contributed by atoms with Gasteiger partial charge in [-0.15, -0.1) is 11.3 Å². The summed E-state index contributed by atoms with van der Waals surface area (Å²) < 4.78 is 44.1. The van der Waals surface area contributed by atoms with Crippen LogP contribution in [-0.2, 0) is 20.9 Å². The zero-order chi connectivity index (χ0) is 63.2. The van der Waals surface area contributed by atoms with E-state index in [9.17, 15) is 19.8 Å². The second-order valence-corrected chi connectivity index (χ2v) is 27.3. The highest BCUT2D eigenvalue weighted by Crippen LogP contribution is 2.54. The number of carbonyl (C=O) groups excluding carboxylic acids is 2. The molecule has 2 amide bonds. The quantitative estimate of drug-likeness (QED) is 0.0472. The molecule has 10 heterocycles. The van der Waals surface area contributed by atoms with Crippen LogP contribution in [-0.4, -0.2) is 168 Å². The van der Waals surface area contributed by atoms with Gasteiger partial charge in [-0.2, -0.15) is 20.2 Å². The number of halogens is 1. The lowest BCUT2D eigenvalue weighted by atomic mass is 9.88. The monoisotopic (exact) mass is 1270 g/mol. The van der Waals surface area contributed by atoms with Crippen LogP contribution >= 0.6 is 11.3 Å². The van der Waals surface area contributed by atoms with Crippen molar-refractivity contribution in [1.82, 2.24) is 60.3 Å². The number of aliphatic hydroxyl groups excluding tert-OH is 2. The Morgan fingerprint density at radius 3 is 2.46 bits per heavy atom. The number of hydrogen-bond acceptors (Lipinski definition) is 18. The number of nitrogens with zero attached hydrogens (tertiary/aromatic N) is 9. The lowest BCUT2D eigenvalue weighted by Crippen LogP contribution is -2.50. The summed E-state index contributed by atoms with van der Waals surface area (Å²) in [6.45, 7) is 11.4. The summed E-state index contributed by atoms with van der Waals surface area (Å²) in [7, 11) is 2.08. The van der Waals surface area contributed by atoms with E-state index in [2.05, 4.69) is 53.7 Å². The van der Waals surface area contributed by atoms with E-state index in [-0.39, 0.29) is 67.0 Å². The van der Waals surface area contributed by atoms with Crippen molar-refractivity contribution < 1.29 is 43.1 Å². The van der Waals surface area contributed by atoms with Crippen molar-refractivity contribution in [3.8, 4) is 39.1 Å². The summed E-state index contributed by atoms with van der Waals surface area (Å²) in [4.78, 5) is 69.1. The molecular formula is C68H76FN13O9S. The summed E-state index contributed by atoms with van der Waals surface area (Å²) in [5.74, 6) is 0.209. The maximum atomic E-state index is 16.3. The number of aliphatic hydroxyl groups is 2. The zero-order valence-corrected chi connectivity index (χ0v) is 53.0. The molecule has 15 rings (SSSR count).